The molecule has 21 heavy (non-hydrogen) atoms. The van der Waals surface area contributed by atoms with E-state index in [0.717, 1.165) is 10.9 Å². The molecule has 0 heterocycles. The lowest BCUT2D eigenvalue weighted by Gasteiger charge is -2.37. The number of benzene rings is 1. The summed E-state index contributed by atoms with van der Waals surface area (Å²) in [5, 5.41) is 3.24. The van der Waals surface area contributed by atoms with Gasteiger partial charge in [0.15, 0.2) is 0 Å². The van der Waals surface area contributed by atoms with Crippen LogP contribution in [0, 0.1) is 17.8 Å². The SMILES string of the molecule is CC1CCC(C(C)C)C(NC(=O)c2cc(N)ccc2Br)C1. The lowest BCUT2D eigenvalue weighted by molar-refractivity contribution is 0.0867. The van der Waals surface area contributed by atoms with Crippen LogP contribution in [0.25, 0.3) is 0 Å². The van der Waals surface area contributed by atoms with E-state index in [0.29, 0.717) is 29.0 Å². The van der Waals surface area contributed by atoms with E-state index in [4.69, 9.17) is 5.73 Å². The number of nitrogens with one attached hydrogen (secondary N) is 1. The standard InChI is InChI=1S/C17H25BrN2O/c1-10(2)13-6-4-11(3)8-16(13)20-17(21)14-9-12(19)5-7-15(14)18/h5,7,9-11,13,16H,4,6,8,19H2,1-3H3,(H,20,21). The van der Waals surface area contributed by atoms with Gasteiger partial charge in [0.1, 0.15) is 0 Å². The van der Waals surface area contributed by atoms with Crippen LogP contribution in [-0.4, -0.2) is 11.9 Å². The third-order valence-electron chi connectivity index (χ3n) is 4.57. The third-order valence-corrected chi connectivity index (χ3v) is 5.27. The molecule has 1 aromatic carbocycles. The number of hydrogen-bond donors (Lipinski definition) is 2. The maximum absolute atomic E-state index is 12.6. The molecular weight excluding hydrogens is 328 g/mol. The predicted octanol–water partition coefficient (Wildman–Crippen LogP) is 4.22. The van der Waals surface area contributed by atoms with Gasteiger partial charge in [0.25, 0.3) is 5.91 Å². The Hall–Kier alpha value is -1.03. The second-order valence-electron chi connectivity index (χ2n) is 6.65. The second-order valence-corrected chi connectivity index (χ2v) is 7.50. The van der Waals surface area contributed by atoms with Gasteiger partial charge in [-0.05, 0) is 64.7 Å². The number of carbonyl (C=O) groups is 1. The van der Waals surface area contributed by atoms with Crippen molar-refractivity contribution in [2.24, 2.45) is 17.8 Å². The Labute approximate surface area is 135 Å². The van der Waals surface area contributed by atoms with Crippen molar-refractivity contribution in [1.82, 2.24) is 5.32 Å². The number of amides is 1. The van der Waals surface area contributed by atoms with Crippen molar-refractivity contribution < 1.29 is 4.79 Å². The Morgan fingerprint density at radius 2 is 2.10 bits per heavy atom. The van der Waals surface area contributed by atoms with Gasteiger partial charge < -0.3 is 11.1 Å². The van der Waals surface area contributed by atoms with Crippen molar-refractivity contribution in [1.29, 1.82) is 0 Å². The van der Waals surface area contributed by atoms with Crippen LogP contribution in [0.5, 0.6) is 0 Å². The van der Waals surface area contributed by atoms with Gasteiger partial charge in [0.05, 0.1) is 5.56 Å². The molecule has 1 aliphatic carbocycles. The fourth-order valence-electron chi connectivity index (χ4n) is 3.33. The molecule has 0 spiro atoms. The molecule has 3 unspecified atom stereocenters. The highest BCUT2D eigenvalue weighted by atomic mass is 79.9. The van der Waals surface area contributed by atoms with E-state index >= 15 is 0 Å². The predicted molar refractivity (Wildman–Crippen MR) is 91.2 cm³/mol. The van der Waals surface area contributed by atoms with Crippen LogP contribution in [-0.2, 0) is 0 Å². The van der Waals surface area contributed by atoms with Crippen LogP contribution in [0.3, 0.4) is 0 Å². The van der Waals surface area contributed by atoms with E-state index in [1.807, 2.05) is 6.07 Å². The number of rotatable bonds is 3. The highest BCUT2D eigenvalue weighted by molar-refractivity contribution is 9.10. The zero-order valence-electron chi connectivity index (χ0n) is 13.0. The van der Waals surface area contributed by atoms with Gasteiger partial charge in [-0.1, -0.05) is 27.2 Å². The molecule has 0 aliphatic heterocycles. The minimum atomic E-state index is -0.0288. The summed E-state index contributed by atoms with van der Waals surface area (Å²) in [6.45, 7) is 6.76. The molecule has 0 saturated heterocycles. The summed E-state index contributed by atoms with van der Waals surface area (Å²) in [5.41, 5.74) is 7.03. The topological polar surface area (TPSA) is 55.1 Å². The normalized spacial score (nSPS) is 25.9. The van der Waals surface area contributed by atoms with Crippen LogP contribution in [0.2, 0.25) is 0 Å². The van der Waals surface area contributed by atoms with E-state index in [2.05, 4.69) is 42.0 Å². The van der Waals surface area contributed by atoms with E-state index in [1.165, 1.54) is 12.8 Å². The molecule has 3 N–H and O–H groups in total. The first kappa shape index (κ1) is 16.3. The van der Waals surface area contributed by atoms with Crippen LogP contribution < -0.4 is 11.1 Å². The molecule has 0 bridgehead atoms. The average molecular weight is 353 g/mol. The number of nitrogens with two attached hydrogens (primary N) is 1. The minimum Gasteiger partial charge on any atom is -0.399 e. The zero-order chi connectivity index (χ0) is 15.6. The Kier molecular flexibility index (Phi) is 5.31. The van der Waals surface area contributed by atoms with Gasteiger partial charge in [0.2, 0.25) is 0 Å². The van der Waals surface area contributed by atoms with Gasteiger partial charge in [-0.15, -0.1) is 0 Å². The van der Waals surface area contributed by atoms with Crippen LogP contribution in [0.1, 0.15) is 50.4 Å². The highest BCUT2D eigenvalue weighted by Gasteiger charge is 2.32. The van der Waals surface area contributed by atoms with E-state index in [9.17, 15) is 4.79 Å². The Morgan fingerprint density at radius 1 is 1.38 bits per heavy atom. The number of halogens is 1. The Balaban J connectivity index is 2.14. The summed E-state index contributed by atoms with van der Waals surface area (Å²) in [6.07, 6.45) is 3.52. The highest BCUT2D eigenvalue weighted by Crippen LogP contribution is 2.33. The summed E-state index contributed by atoms with van der Waals surface area (Å²) in [6, 6.07) is 5.61. The number of carbonyl (C=O) groups excluding carboxylic acids is 1. The summed E-state index contributed by atoms with van der Waals surface area (Å²) in [5.74, 6) is 1.80. The first-order valence-corrected chi connectivity index (χ1v) is 8.53. The molecule has 1 saturated carbocycles. The van der Waals surface area contributed by atoms with Crippen molar-refractivity contribution in [2.75, 3.05) is 5.73 Å². The fourth-order valence-corrected chi connectivity index (χ4v) is 3.76. The lowest BCUT2D eigenvalue weighted by Crippen LogP contribution is -2.45. The van der Waals surface area contributed by atoms with Crippen molar-refractivity contribution in [3.05, 3.63) is 28.2 Å². The summed E-state index contributed by atoms with van der Waals surface area (Å²) in [4.78, 5) is 12.6. The van der Waals surface area contributed by atoms with Crippen LogP contribution in [0.4, 0.5) is 5.69 Å². The molecule has 1 aromatic rings. The molecule has 3 atom stereocenters. The number of anilines is 1. The molecule has 3 nitrogen and oxygen atoms in total. The number of nitrogen functional groups attached to an aromatic ring is 1. The van der Waals surface area contributed by atoms with Crippen LogP contribution >= 0.6 is 15.9 Å². The maximum atomic E-state index is 12.6. The van der Waals surface area contributed by atoms with Crippen LogP contribution in [0.15, 0.2) is 22.7 Å². The molecule has 116 valence electrons. The fraction of sp³-hybridized carbons (Fsp3) is 0.588. The minimum absolute atomic E-state index is 0.0288. The Morgan fingerprint density at radius 3 is 2.76 bits per heavy atom. The first-order chi connectivity index (χ1) is 9.88. The van der Waals surface area contributed by atoms with Crippen molar-refractivity contribution >= 4 is 27.5 Å². The van der Waals surface area contributed by atoms with Gasteiger partial charge in [-0.2, -0.15) is 0 Å². The molecule has 1 amide bonds. The smallest absolute Gasteiger partial charge is 0.252 e. The lowest BCUT2D eigenvalue weighted by atomic mass is 9.74. The second kappa shape index (κ2) is 6.82. The zero-order valence-corrected chi connectivity index (χ0v) is 14.6. The third kappa shape index (κ3) is 4.00. The summed E-state index contributed by atoms with van der Waals surface area (Å²) in [7, 11) is 0. The monoisotopic (exact) mass is 352 g/mol. The molecule has 0 radical (unpaired) electrons. The molecule has 1 fully saturated rings. The first-order valence-electron chi connectivity index (χ1n) is 7.74. The van der Waals surface area contributed by atoms with Gasteiger partial charge >= 0.3 is 0 Å². The van der Waals surface area contributed by atoms with E-state index in [-0.39, 0.29) is 11.9 Å². The van der Waals surface area contributed by atoms with Crippen molar-refractivity contribution in [2.45, 2.75) is 46.1 Å². The van der Waals surface area contributed by atoms with Gasteiger partial charge in [-0.3, -0.25) is 4.79 Å². The maximum Gasteiger partial charge on any atom is 0.252 e. The van der Waals surface area contributed by atoms with Gasteiger partial charge in [-0.25, -0.2) is 0 Å². The van der Waals surface area contributed by atoms with E-state index in [1.54, 1.807) is 12.1 Å². The number of hydrogen-bond acceptors (Lipinski definition) is 2. The molecule has 1 aliphatic rings. The quantitative estimate of drug-likeness (QED) is 0.800. The van der Waals surface area contributed by atoms with Crippen molar-refractivity contribution in [3.8, 4) is 0 Å². The average Bonchev–Trinajstić information content (AvgIpc) is 2.41. The summed E-state index contributed by atoms with van der Waals surface area (Å²) < 4.78 is 0.791. The molecular formula is C17H25BrN2O. The summed E-state index contributed by atoms with van der Waals surface area (Å²) >= 11 is 3.44. The molecule has 2 rings (SSSR count). The molecule has 0 aromatic heterocycles. The van der Waals surface area contributed by atoms with E-state index < -0.39 is 0 Å². The van der Waals surface area contributed by atoms with Crippen molar-refractivity contribution in [3.63, 3.8) is 0 Å². The van der Waals surface area contributed by atoms with Gasteiger partial charge in [0, 0.05) is 16.2 Å². The Bertz CT molecular complexity index is 516. The largest absolute Gasteiger partial charge is 0.399 e. The molecule has 4 heteroatoms.